The Hall–Kier alpha value is -2.41. The van der Waals surface area contributed by atoms with Crippen LogP contribution in [0.4, 0.5) is 0 Å². The molecule has 25 heavy (non-hydrogen) atoms. The molecule has 0 atom stereocenters. The van der Waals surface area contributed by atoms with Crippen molar-refractivity contribution in [2.75, 3.05) is 21.3 Å². The fourth-order valence-corrected chi connectivity index (χ4v) is 3.24. The second-order valence-electron chi connectivity index (χ2n) is 6.33. The van der Waals surface area contributed by atoms with Gasteiger partial charge in [0.05, 0.1) is 25.1 Å². The van der Waals surface area contributed by atoms with Crippen molar-refractivity contribution in [1.82, 2.24) is 19.9 Å². The van der Waals surface area contributed by atoms with E-state index in [1.807, 2.05) is 31.3 Å². The molecule has 1 aliphatic carbocycles. The summed E-state index contributed by atoms with van der Waals surface area (Å²) in [5, 5.41) is 8.12. The van der Waals surface area contributed by atoms with Crippen LogP contribution in [0.3, 0.4) is 0 Å². The summed E-state index contributed by atoms with van der Waals surface area (Å²) in [4.78, 5) is 14.5. The summed E-state index contributed by atoms with van der Waals surface area (Å²) in [5.41, 5.74) is 1.18. The molecule has 0 saturated heterocycles. The minimum absolute atomic E-state index is 0.0966. The van der Waals surface area contributed by atoms with E-state index in [4.69, 9.17) is 9.47 Å². The van der Waals surface area contributed by atoms with Gasteiger partial charge in [0.25, 0.3) is 5.91 Å². The molecule has 1 saturated carbocycles. The van der Waals surface area contributed by atoms with Crippen LogP contribution in [0.5, 0.6) is 5.75 Å². The largest absolute Gasteiger partial charge is 0.497 e. The maximum atomic E-state index is 12.7. The Bertz CT molecular complexity index is 705. The first-order chi connectivity index (χ1) is 12.1. The van der Waals surface area contributed by atoms with E-state index in [1.165, 1.54) is 0 Å². The van der Waals surface area contributed by atoms with Crippen LogP contribution in [0.2, 0.25) is 0 Å². The molecule has 1 aromatic carbocycles. The van der Waals surface area contributed by atoms with E-state index in [0.717, 1.165) is 37.1 Å². The van der Waals surface area contributed by atoms with Crippen LogP contribution in [0, 0.1) is 0 Å². The van der Waals surface area contributed by atoms with Crippen molar-refractivity contribution in [3.63, 3.8) is 0 Å². The van der Waals surface area contributed by atoms with Gasteiger partial charge in [-0.05, 0) is 49.9 Å². The highest BCUT2D eigenvalue weighted by Crippen LogP contribution is 2.25. The third kappa shape index (κ3) is 3.82. The molecule has 0 radical (unpaired) electrons. The summed E-state index contributed by atoms with van der Waals surface area (Å²) in [7, 11) is 5.21. The molecule has 3 rings (SSSR count). The van der Waals surface area contributed by atoms with Crippen LogP contribution in [-0.2, 0) is 4.74 Å². The summed E-state index contributed by atoms with van der Waals surface area (Å²) in [6, 6.07) is 7.66. The van der Waals surface area contributed by atoms with Gasteiger partial charge in [0.2, 0.25) is 0 Å². The monoisotopic (exact) mass is 344 g/mol. The van der Waals surface area contributed by atoms with Crippen LogP contribution in [0.25, 0.3) is 5.69 Å². The number of amides is 1. The predicted octanol–water partition coefficient (Wildman–Crippen LogP) is 2.31. The molecule has 1 fully saturated rings. The first-order valence-electron chi connectivity index (χ1n) is 8.49. The average molecular weight is 344 g/mol. The average Bonchev–Trinajstić information content (AvgIpc) is 3.17. The molecule has 1 aliphatic rings. The van der Waals surface area contributed by atoms with Crippen LogP contribution in [0.15, 0.2) is 30.5 Å². The minimum atomic E-state index is -0.0966. The maximum Gasteiger partial charge on any atom is 0.276 e. The van der Waals surface area contributed by atoms with Crippen molar-refractivity contribution < 1.29 is 14.3 Å². The highest BCUT2D eigenvalue weighted by molar-refractivity contribution is 5.92. The zero-order valence-corrected chi connectivity index (χ0v) is 14.9. The number of hydrogen-bond donors (Lipinski definition) is 0. The summed E-state index contributed by atoms with van der Waals surface area (Å²) in [6.07, 6.45) is 5.85. The zero-order valence-electron chi connectivity index (χ0n) is 14.9. The van der Waals surface area contributed by atoms with E-state index in [9.17, 15) is 4.79 Å². The molecule has 0 aliphatic heterocycles. The molecular formula is C18H24N4O3. The number of ether oxygens (including phenoxy) is 2. The Labute approximate surface area is 147 Å². The molecule has 134 valence electrons. The topological polar surface area (TPSA) is 69.5 Å². The number of aromatic nitrogens is 3. The van der Waals surface area contributed by atoms with E-state index in [0.29, 0.717) is 11.8 Å². The molecular weight excluding hydrogens is 320 g/mol. The summed E-state index contributed by atoms with van der Waals surface area (Å²) < 4.78 is 12.1. The Morgan fingerprint density at radius 1 is 1.16 bits per heavy atom. The van der Waals surface area contributed by atoms with Crippen molar-refractivity contribution >= 4 is 5.91 Å². The molecule has 7 heteroatoms. The van der Waals surface area contributed by atoms with Gasteiger partial charge in [-0.2, -0.15) is 0 Å². The van der Waals surface area contributed by atoms with Crippen molar-refractivity contribution in [1.29, 1.82) is 0 Å². The van der Waals surface area contributed by atoms with Crippen LogP contribution in [0.1, 0.15) is 36.2 Å². The highest BCUT2D eigenvalue weighted by atomic mass is 16.5. The van der Waals surface area contributed by atoms with Gasteiger partial charge in [0.1, 0.15) is 5.75 Å². The Kier molecular flexibility index (Phi) is 5.33. The molecule has 2 aromatic rings. The fourth-order valence-electron chi connectivity index (χ4n) is 3.24. The first kappa shape index (κ1) is 17.4. The zero-order chi connectivity index (χ0) is 17.8. The van der Waals surface area contributed by atoms with Gasteiger partial charge >= 0.3 is 0 Å². The Morgan fingerprint density at radius 2 is 1.84 bits per heavy atom. The second kappa shape index (κ2) is 7.65. The normalized spacial score (nSPS) is 20.3. The summed E-state index contributed by atoms with van der Waals surface area (Å²) >= 11 is 0. The van der Waals surface area contributed by atoms with Gasteiger partial charge < -0.3 is 14.4 Å². The van der Waals surface area contributed by atoms with E-state index >= 15 is 0 Å². The third-order valence-corrected chi connectivity index (χ3v) is 4.89. The quantitative estimate of drug-likeness (QED) is 0.832. The van der Waals surface area contributed by atoms with E-state index in [-0.39, 0.29) is 11.9 Å². The van der Waals surface area contributed by atoms with Gasteiger partial charge in [0.15, 0.2) is 5.69 Å². The van der Waals surface area contributed by atoms with Crippen molar-refractivity contribution in [2.24, 2.45) is 0 Å². The third-order valence-electron chi connectivity index (χ3n) is 4.89. The molecule has 1 amide bonds. The lowest BCUT2D eigenvalue weighted by atomic mass is 9.92. The minimum Gasteiger partial charge on any atom is -0.497 e. The fraction of sp³-hybridized carbons (Fsp3) is 0.500. The van der Waals surface area contributed by atoms with Gasteiger partial charge in [-0.1, -0.05) is 5.21 Å². The number of nitrogens with zero attached hydrogens (tertiary/aromatic N) is 4. The number of methoxy groups -OCH3 is 2. The summed E-state index contributed by atoms with van der Waals surface area (Å²) in [6.45, 7) is 0. The van der Waals surface area contributed by atoms with Crippen molar-refractivity contribution in [2.45, 2.75) is 37.8 Å². The lowest BCUT2D eigenvalue weighted by Crippen LogP contribution is -2.40. The molecule has 0 unspecified atom stereocenters. The van der Waals surface area contributed by atoms with Gasteiger partial charge in [0, 0.05) is 20.2 Å². The number of carbonyl (C=O) groups is 1. The summed E-state index contributed by atoms with van der Waals surface area (Å²) in [5.74, 6) is 0.673. The molecule has 1 aromatic heterocycles. The standard InChI is InChI=1S/C18H24N4O3/c1-21(13-4-8-15(24-2)9-5-13)18(23)17-12-22(20-19-17)14-6-10-16(25-3)11-7-14/h6-7,10-13,15H,4-5,8-9H2,1-3H3. The van der Waals surface area contributed by atoms with Crippen molar-refractivity contribution in [3.8, 4) is 11.4 Å². The van der Waals surface area contributed by atoms with Crippen molar-refractivity contribution in [3.05, 3.63) is 36.2 Å². The van der Waals surface area contributed by atoms with Gasteiger partial charge in [-0.25, -0.2) is 4.68 Å². The SMILES string of the molecule is COc1ccc(-n2cc(C(=O)N(C)C3CCC(OC)CC3)nn2)cc1. The molecule has 7 nitrogen and oxygen atoms in total. The molecule has 1 heterocycles. The predicted molar refractivity (Wildman–Crippen MR) is 93.1 cm³/mol. The van der Waals surface area contributed by atoms with E-state index in [1.54, 1.807) is 30.0 Å². The molecule has 0 bridgehead atoms. The highest BCUT2D eigenvalue weighted by Gasteiger charge is 2.28. The van der Waals surface area contributed by atoms with E-state index < -0.39 is 0 Å². The smallest absolute Gasteiger partial charge is 0.276 e. The lowest BCUT2D eigenvalue weighted by Gasteiger charge is -2.33. The Morgan fingerprint density at radius 3 is 2.44 bits per heavy atom. The van der Waals surface area contributed by atoms with Crippen LogP contribution in [-0.4, -0.2) is 59.2 Å². The number of rotatable bonds is 5. The number of hydrogen-bond acceptors (Lipinski definition) is 5. The van der Waals surface area contributed by atoms with Gasteiger partial charge in [-0.15, -0.1) is 5.10 Å². The maximum absolute atomic E-state index is 12.7. The lowest BCUT2D eigenvalue weighted by molar-refractivity contribution is 0.0383. The van der Waals surface area contributed by atoms with E-state index in [2.05, 4.69) is 10.3 Å². The number of benzene rings is 1. The van der Waals surface area contributed by atoms with Gasteiger partial charge in [-0.3, -0.25) is 4.79 Å². The number of carbonyl (C=O) groups excluding carboxylic acids is 1. The first-order valence-corrected chi connectivity index (χ1v) is 8.49. The Balaban J connectivity index is 1.67. The van der Waals surface area contributed by atoms with Crippen LogP contribution >= 0.6 is 0 Å². The second-order valence-corrected chi connectivity index (χ2v) is 6.33. The molecule has 0 N–H and O–H groups in total. The molecule has 0 spiro atoms. The van der Waals surface area contributed by atoms with Crippen LogP contribution < -0.4 is 4.74 Å².